The van der Waals surface area contributed by atoms with E-state index in [-0.39, 0.29) is 0 Å². The molecule has 17 heavy (non-hydrogen) atoms. The van der Waals surface area contributed by atoms with E-state index in [9.17, 15) is 0 Å². The number of nitrogens with one attached hydrogen (secondary N) is 1. The molecule has 0 aliphatic carbocycles. The normalized spacial score (nSPS) is 20.5. The van der Waals surface area contributed by atoms with Crippen LogP contribution in [0.1, 0.15) is 18.9 Å². The third kappa shape index (κ3) is 3.13. The Hall–Kier alpha value is -1.22. The number of hydrogen-bond acceptors (Lipinski definition) is 3. The molecule has 1 N–H and O–H groups in total. The van der Waals surface area contributed by atoms with Gasteiger partial charge >= 0.3 is 0 Å². The van der Waals surface area contributed by atoms with Crippen molar-refractivity contribution in [2.75, 3.05) is 32.1 Å². The van der Waals surface area contributed by atoms with Crippen LogP contribution in [0.15, 0.2) is 18.2 Å². The third-order valence-electron chi connectivity index (χ3n) is 3.19. The maximum Gasteiger partial charge on any atom is 0.142 e. The zero-order valence-electron chi connectivity index (χ0n) is 11.0. The predicted octanol–water partition coefficient (Wildman–Crippen LogP) is 2.51. The van der Waals surface area contributed by atoms with E-state index >= 15 is 0 Å². The maximum atomic E-state index is 5.68. The fraction of sp³-hybridized carbons (Fsp3) is 0.571. The second kappa shape index (κ2) is 5.41. The summed E-state index contributed by atoms with van der Waals surface area (Å²) in [5.41, 5.74) is 2.36. The summed E-state index contributed by atoms with van der Waals surface area (Å²) in [6.07, 6.45) is 1.20. The predicted molar refractivity (Wildman–Crippen MR) is 71.9 cm³/mol. The molecule has 1 unspecified atom stereocenters. The van der Waals surface area contributed by atoms with E-state index in [1.807, 2.05) is 6.92 Å². The molecule has 0 saturated carbocycles. The first kappa shape index (κ1) is 12.2. The van der Waals surface area contributed by atoms with Crippen LogP contribution in [0.25, 0.3) is 0 Å². The van der Waals surface area contributed by atoms with Gasteiger partial charge in [0.05, 0.1) is 12.3 Å². The highest BCUT2D eigenvalue weighted by Crippen LogP contribution is 2.27. The van der Waals surface area contributed by atoms with Crippen molar-refractivity contribution in [1.82, 2.24) is 4.90 Å². The molecule has 1 aromatic rings. The number of aryl methyl sites for hydroxylation is 1. The van der Waals surface area contributed by atoms with Crippen molar-refractivity contribution >= 4 is 5.69 Å². The van der Waals surface area contributed by atoms with Gasteiger partial charge in [-0.05, 0) is 51.6 Å². The standard InChI is InChI=1S/C14H22N2O/c1-4-17-14-9-11(2)5-6-13(14)15-12-7-8-16(3)10-12/h5-6,9,12,15H,4,7-8,10H2,1-3H3. The van der Waals surface area contributed by atoms with Crippen LogP contribution < -0.4 is 10.1 Å². The number of benzene rings is 1. The number of ether oxygens (including phenoxy) is 1. The van der Waals surface area contributed by atoms with Gasteiger partial charge in [0, 0.05) is 12.6 Å². The highest BCUT2D eigenvalue weighted by molar-refractivity contribution is 5.58. The van der Waals surface area contributed by atoms with Crippen LogP contribution in [0.4, 0.5) is 5.69 Å². The summed E-state index contributed by atoms with van der Waals surface area (Å²) in [4.78, 5) is 2.35. The Morgan fingerprint density at radius 2 is 2.29 bits per heavy atom. The minimum absolute atomic E-state index is 0.543. The van der Waals surface area contributed by atoms with Gasteiger partial charge in [0.25, 0.3) is 0 Å². The molecular weight excluding hydrogens is 212 g/mol. The Kier molecular flexibility index (Phi) is 3.89. The molecule has 0 bridgehead atoms. The smallest absolute Gasteiger partial charge is 0.142 e. The first-order valence-electron chi connectivity index (χ1n) is 6.37. The lowest BCUT2D eigenvalue weighted by atomic mass is 10.2. The van der Waals surface area contributed by atoms with Gasteiger partial charge in [-0.2, -0.15) is 0 Å². The fourth-order valence-electron chi connectivity index (χ4n) is 2.30. The van der Waals surface area contributed by atoms with E-state index in [4.69, 9.17) is 4.74 Å². The van der Waals surface area contributed by atoms with E-state index in [0.29, 0.717) is 12.6 Å². The number of hydrogen-bond donors (Lipinski definition) is 1. The van der Waals surface area contributed by atoms with Crippen molar-refractivity contribution in [3.8, 4) is 5.75 Å². The van der Waals surface area contributed by atoms with Crippen molar-refractivity contribution in [2.24, 2.45) is 0 Å². The van der Waals surface area contributed by atoms with Gasteiger partial charge < -0.3 is 15.0 Å². The molecule has 3 nitrogen and oxygen atoms in total. The monoisotopic (exact) mass is 234 g/mol. The number of nitrogens with zero attached hydrogens (tertiary/aromatic N) is 1. The molecule has 0 spiro atoms. The Labute approximate surface area is 104 Å². The van der Waals surface area contributed by atoms with E-state index < -0.39 is 0 Å². The van der Waals surface area contributed by atoms with Crippen LogP contribution >= 0.6 is 0 Å². The first-order valence-corrected chi connectivity index (χ1v) is 6.37. The molecule has 94 valence electrons. The first-order chi connectivity index (χ1) is 8.19. The number of likely N-dealkylation sites (N-methyl/N-ethyl adjacent to an activating group) is 1. The molecule has 3 heteroatoms. The molecule has 1 saturated heterocycles. The van der Waals surface area contributed by atoms with E-state index in [0.717, 1.165) is 18.0 Å². The van der Waals surface area contributed by atoms with Crippen molar-refractivity contribution in [2.45, 2.75) is 26.3 Å². The fourth-order valence-corrected chi connectivity index (χ4v) is 2.30. The average Bonchev–Trinajstić information content (AvgIpc) is 2.69. The minimum atomic E-state index is 0.543. The van der Waals surface area contributed by atoms with Gasteiger partial charge in [0.1, 0.15) is 5.75 Å². The second-order valence-electron chi connectivity index (χ2n) is 4.82. The lowest BCUT2D eigenvalue weighted by Crippen LogP contribution is -2.23. The average molecular weight is 234 g/mol. The molecule has 1 heterocycles. The highest BCUT2D eigenvalue weighted by atomic mass is 16.5. The van der Waals surface area contributed by atoms with Crippen molar-refractivity contribution in [3.05, 3.63) is 23.8 Å². The summed E-state index contributed by atoms with van der Waals surface area (Å²) >= 11 is 0. The van der Waals surface area contributed by atoms with Gasteiger partial charge in [-0.15, -0.1) is 0 Å². The van der Waals surface area contributed by atoms with Gasteiger partial charge in [-0.25, -0.2) is 0 Å². The Bertz CT molecular complexity index is 378. The van der Waals surface area contributed by atoms with Gasteiger partial charge in [-0.3, -0.25) is 0 Å². The van der Waals surface area contributed by atoms with Crippen LogP contribution in [0.3, 0.4) is 0 Å². The molecule has 0 amide bonds. The van der Waals surface area contributed by atoms with Gasteiger partial charge in [0.2, 0.25) is 0 Å². The van der Waals surface area contributed by atoms with Crippen LogP contribution in [0.2, 0.25) is 0 Å². The summed E-state index contributed by atoms with van der Waals surface area (Å²) in [7, 11) is 2.17. The molecule has 0 aromatic heterocycles. The highest BCUT2D eigenvalue weighted by Gasteiger charge is 2.20. The molecule has 0 radical (unpaired) electrons. The van der Waals surface area contributed by atoms with E-state index in [1.165, 1.54) is 18.5 Å². The SMILES string of the molecule is CCOc1cc(C)ccc1NC1CCN(C)C1. The van der Waals surface area contributed by atoms with Gasteiger partial charge in [0.15, 0.2) is 0 Å². The zero-order chi connectivity index (χ0) is 12.3. The molecule has 2 rings (SSSR count). The van der Waals surface area contributed by atoms with Crippen molar-refractivity contribution < 1.29 is 4.74 Å². The lowest BCUT2D eigenvalue weighted by Gasteiger charge is -2.18. The Morgan fingerprint density at radius 3 is 2.94 bits per heavy atom. The quantitative estimate of drug-likeness (QED) is 0.866. The van der Waals surface area contributed by atoms with Crippen molar-refractivity contribution in [3.63, 3.8) is 0 Å². The van der Waals surface area contributed by atoms with E-state index in [1.54, 1.807) is 0 Å². The van der Waals surface area contributed by atoms with Gasteiger partial charge in [-0.1, -0.05) is 6.07 Å². The Balaban J connectivity index is 2.08. The summed E-state index contributed by atoms with van der Waals surface area (Å²) < 4.78 is 5.68. The molecule has 1 fully saturated rings. The second-order valence-corrected chi connectivity index (χ2v) is 4.82. The molecule has 1 aliphatic heterocycles. The summed E-state index contributed by atoms with van der Waals surface area (Å²) in [5, 5.41) is 3.59. The summed E-state index contributed by atoms with van der Waals surface area (Å²) in [6.45, 7) is 7.11. The van der Waals surface area contributed by atoms with Crippen LogP contribution in [-0.4, -0.2) is 37.7 Å². The largest absolute Gasteiger partial charge is 0.492 e. The topological polar surface area (TPSA) is 24.5 Å². The molecule has 1 aromatic carbocycles. The molecular formula is C14H22N2O. The molecule has 1 atom stereocenters. The lowest BCUT2D eigenvalue weighted by molar-refractivity contribution is 0.341. The molecule has 1 aliphatic rings. The van der Waals surface area contributed by atoms with Crippen LogP contribution in [0, 0.1) is 6.92 Å². The minimum Gasteiger partial charge on any atom is -0.492 e. The summed E-state index contributed by atoms with van der Waals surface area (Å²) in [6, 6.07) is 6.90. The summed E-state index contributed by atoms with van der Waals surface area (Å²) in [5.74, 6) is 0.974. The van der Waals surface area contributed by atoms with Crippen LogP contribution in [0.5, 0.6) is 5.75 Å². The van der Waals surface area contributed by atoms with Crippen molar-refractivity contribution in [1.29, 1.82) is 0 Å². The number of likely N-dealkylation sites (tertiary alicyclic amines) is 1. The van der Waals surface area contributed by atoms with Crippen LogP contribution in [-0.2, 0) is 0 Å². The zero-order valence-corrected chi connectivity index (χ0v) is 11.0. The Morgan fingerprint density at radius 1 is 1.47 bits per heavy atom. The number of rotatable bonds is 4. The maximum absolute atomic E-state index is 5.68. The third-order valence-corrected chi connectivity index (χ3v) is 3.19. The van der Waals surface area contributed by atoms with E-state index in [2.05, 4.69) is 42.4 Å². The number of anilines is 1.